The van der Waals surface area contributed by atoms with Crippen molar-refractivity contribution in [3.63, 3.8) is 0 Å². The molecule has 88 valence electrons. The average Bonchev–Trinajstić information content (AvgIpc) is 3.10. The van der Waals surface area contributed by atoms with E-state index in [9.17, 15) is 0 Å². The first-order valence-electron chi connectivity index (χ1n) is 6.38. The molecule has 1 aromatic carbocycles. The normalized spacial score (nSPS) is 23.3. The van der Waals surface area contributed by atoms with E-state index in [1.807, 2.05) is 0 Å². The fraction of sp³-hybridized carbons (Fsp3) is 0.571. The maximum absolute atomic E-state index is 3.52. The van der Waals surface area contributed by atoms with E-state index >= 15 is 0 Å². The highest BCUT2D eigenvalue weighted by molar-refractivity contribution is 5.25. The van der Waals surface area contributed by atoms with Crippen LogP contribution in [0.1, 0.15) is 24.8 Å². The van der Waals surface area contributed by atoms with Crippen LogP contribution in [0.2, 0.25) is 0 Å². The fourth-order valence-electron chi connectivity index (χ4n) is 2.22. The second kappa shape index (κ2) is 6.02. The van der Waals surface area contributed by atoms with Crippen molar-refractivity contribution in [2.75, 3.05) is 26.2 Å². The van der Waals surface area contributed by atoms with Crippen LogP contribution in [0, 0.1) is 5.92 Å². The van der Waals surface area contributed by atoms with Gasteiger partial charge in [-0.05, 0) is 36.9 Å². The molecule has 2 unspecified atom stereocenters. The van der Waals surface area contributed by atoms with Crippen LogP contribution in [0.3, 0.4) is 0 Å². The summed E-state index contributed by atoms with van der Waals surface area (Å²) in [6.45, 7) is 6.56. The zero-order valence-electron chi connectivity index (χ0n) is 10.1. The van der Waals surface area contributed by atoms with E-state index in [1.54, 1.807) is 0 Å². The van der Waals surface area contributed by atoms with Gasteiger partial charge in [-0.1, -0.05) is 37.3 Å². The van der Waals surface area contributed by atoms with E-state index in [0.29, 0.717) is 0 Å². The second-order valence-electron chi connectivity index (χ2n) is 4.57. The molecular formula is C14H22N2. The number of likely N-dealkylation sites (N-methyl/N-ethyl adjacent to an activating group) is 1. The van der Waals surface area contributed by atoms with Gasteiger partial charge in [0.15, 0.2) is 0 Å². The van der Waals surface area contributed by atoms with Crippen LogP contribution in [0.4, 0.5) is 0 Å². The fourth-order valence-corrected chi connectivity index (χ4v) is 2.22. The summed E-state index contributed by atoms with van der Waals surface area (Å²) in [5.41, 5.74) is 1.51. The molecule has 2 heteroatoms. The molecule has 1 fully saturated rings. The van der Waals surface area contributed by atoms with E-state index in [2.05, 4.69) is 47.9 Å². The molecule has 0 radical (unpaired) electrons. The summed E-state index contributed by atoms with van der Waals surface area (Å²) in [4.78, 5) is 0. The lowest BCUT2D eigenvalue weighted by Crippen LogP contribution is -2.28. The highest BCUT2D eigenvalue weighted by Crippen LogP contribution is 2.46. The Hall–Kier alpha value is -0.860. The Bertz CT molecular complexity index is 297. The number of hydrogen-bond donors (Lipinski definition) is 2. The quantitative estimate of drug-likeness (QED) is 0.684. The first-order valence-corrected chi connectivity index (χ1v) is 6.38. The second-order valence-corrected chi connectivity index (χ2v) is 4.57. The molecule has 2 atom stereocenters. The Morgan fingerprint density at radius 2 is 1.88 bits per heavy atom. The van der Waals surface area contributed by atoms with Crippen LogP contribution < -0.4 is 10.6 Å². The number of hydrogen-bond acceptors (Lipinski definition) is 2. The number of benzene rings is 1. The molecule has 2 N–H and O–H groups in total. The predicted octanol–water partition coefficient (Wildman–Crippen LogP) is 1.99. The van der Waals surface area contributed by atoms with Crippen LogP contribution in [0.15, 0.2) is 30.3 Å². The Kier molecular flexibility index (Phi) is 4.37. The highest BCUT2D eigenvalue weighted by Gasteiger charge is 2.37. The lowest BCUT2D eigenvalue weighted by atomic mass is 10.1. The van der Waals surface area contributed by atoms with Crippen LogP contribution in [0.5, 0.6) is 0 Å². The third kappa shape index (κ3) is 3.32. The molecule has 0 bridgehead atoms. The maximum atomic E-state index is 3.52. The van der Waals surface area contributed by atoms with Gasteiger partial charge < -0.3 is 10.6 Å². The van der Waals surface area contributed by atoms with Crippen molar-refractivity contribution in [3.05, 3.63) is 35.9 Å². The first-order chi connectivity index (χ1) is 7.92. The molecule has 1 aliphatic carbocycles. The topological polar surface area (TPSA) is 24.1 Å². The molecule has 0 aromatic heterocycles. The molecular weight excluding hydrogens is 196 g/mol. The van der Waals surface area contributed by atoms with E-state index in [-0.39, 0.29) is 0 Å². The zero-order chi connectivity index (χ0) is 11.2. The lowest BCUT2D eigenvalue weighted by molar-refractivity contribution is 0.593. The minimum Gasteiger partial charge on any atom is -0.316 e. The van der Waals surface area contributed by atoms with Crippen molar-refractivity contribution in [1.82, 2.24) is 10.6 Å². The van der Waals surface area contributed by atoms with Gasteiger partial charge in [0.1, 0.15) is 0 Å². The summed E-state index contributed by atoms with van der Waals surface area (Å²) in [7, 11) is 0. The van der Waals surface area contributed by atoms with E-state index in [1.165, 1.54) is 18.5 Å². The molecule has 1 saturated carbocycles. The molecule has 1 aliphatic rings. The maximum Gasteiger partial charge on any atom is 0.00768 e. The van der Waals surface area contributed by atoms with Crippen LogP contribution >= 0.6 is 0 Å². The summed E-state index contributed by atoms with van der Waals surface area (Å²) in [5.74, 6) is 1.68. The molecule has 0 amide bonds. The van der Waals surface area contributed by atoms with Gasteiger partial charge in [0.25, 0.3) is 0 Å². The van der Waals surface area contributed by atoms with Crippen LogP contribution in [0.25, 0.3) is 0 Å². The monoisotopic (exact) mass is 218 g/mol. The van der Waals surface area contributed by atoms with Gasteiger partial charge in [-0.2, -0.15) is 0 Å². The number of nitrogens with one attached hydrogen (secondary N) is 2. The molecule has 16 heavy (non-hydrogen) atoms. The third-order valence-corrected chi connectivity index (χ3v) is 3.29. The van der Waals surface area contributed by atoms with Gasteiger partial charge in [-0.25, -0.2) is 0 Å². The smallest absolute Gasteiger partial charge is 0.00768 e. The van der Waals surface area contributed by atoms with Crippen molar-refractivity contribution >= 4 is 0 Å². The molecule has 2 nitrogen and oxygen atoms in total. The lowest BCUT2D eigenvalue weighted by Gasteiger charge is -2.04. The Labute approximate surface area is 98.4 Å². The minimum absolute atomic E-state index is 0.813. The van der Waals surface area contributed by atoms with Gasteiger partial charge >= 0.3 is 0 Å². The largest absolute Gasteiger partial charge is 0.316 e. The standard InChI is InChI=1S/C14H22N2/c1-2-15-8-9-16-11-13-10-14(13)12-6-4-3-5-7-12/h3-7,13-16H,2,8-11H2,1H3. The van der Waals surface area contributed by atoms with Crippen LogP contribution in [-0.2, 0) is 0 Å². The van der Waals surface area contributed by atoms with E-state index in [0.717, 1.165) is 31.5 Å². The van der Waals surface area contributed by atoms with Crippen molar-refractivity contribution in [3.8, 4) is 0 Å². The molecule has 2 rings (SSSR count). The third-order valence-electron chi connectivity index (χ3n) is 3.29. The van der Waals surface area contributed by atoms with Crippen molar-refractivity contribution in [2.45, 2.75) is 19.3 Å². The molecule has 1 aromatic rings. The molecule has 0 aliphatic heterocycles. The Balaban J connectivity index is 1.61. The zero-order valence-corrected chi connectivity index (χ0v) is 10.1. The summed E-state index contributed by atoms with van der Waals surface area (Å²) in [6, 6.07) is 10.9. The summed E-state index contributed by atoms with van der Waals surface area (Å²) < 4.78 is 0. The Morgan fingerprint density at radius 3 is 2.62 bits per heavy atom. The van der Waals surface area contributed by atoms with Gasteiger partial charge in [0, 0.05) is 13.1 Å². The van der Waals surface area contributed by atoms with Gasteiger partial charge in [0.05, 0.1) is 0 Å². The molecule has 0 saturated heterocycles. The van der Waals surface area contributed by atoms with Crippen molar-refractivity contribution < 1.29 is 0 Å². The minimum atomic E-state index is 0.813. The Morgan fingerprint density at radius 1 is 1.12 bits per heavy atom. The van der Waals surface area contributed by atoms with Crippen molar-refractivity contribution in [1.29, 1.82) is 0 Å². The predicted molar refractivity (Wildman–Crippen MR) is 68.7 cm³/mol. The first kappa shape index (κ1) is 11.6. The number of rotatable bonds is 7. The highest BCUT2D eigenvalue weighted by atomic mass is 14.9. The summed E-state index contributed by atoms with van der Waals surface area (Å²) in [6.07, 6.45) is 1.36. The summed E-state index contributed by atoms with van der Waals surface area (Å²) >= 11 is 0. The van der Waals surface area contributed by atoms with E-state index < -0.39 is 0 Å². The van der Waals surface area contributed by atoms with E-state index in [4.69, 9.17) is 0 Å². The van der Waals surface area contributed by atoms with Crippen LogP contribution in [-0.4, -0.2) is 26.2 Å². The SMILES string of the molecule is CCNCCNCC1CC1c1ccccc1. The summed E-state index contributed by atoms with van der Waals surface area (Å²) in [5, 5.41) is 6.84. The average molecular weight is 218 g/mol. The van der Waals surface area contributed by atoms with Gasteiger partial charge in [0.2, 0.25) is 0 Å². The molecule has 0 spiro atoms. The molecule has 0 heterocycles. The van der Waals surface area contributed by atoms with Crippen molar-refractivity contribution in [2.24, 2.45) is 5.92 Å². The van der Waals surface area contributed by atoms with Gasteiger partial charge in [-0.3, -0.25) is 0 Å². The van der Waals surface area contributed by atoms with Gasteiger partial charge in [-0.15, -0.1) is 0 Å².